The van der Waals surface area contributed by atoms with Gasteiger partial charge in [-0.3, -0.25) is 0 Å². The third-order valence-electron chi connectivity index (χ3n) is 3.33. The molecule has 1 unspecified atom stereocenters. The highest BCUT2D eigenvalue weighted by atomic mass is 19.1. The molecule has 0 aromatic heterocycles. The molecule has 19 heavy (non-hydrogen) atoms. The third-order valence-corrected chi connectivity index (χ3v) is 3.33. The molecule has 1 nitrogen and oxygen atoms in total. The first-order valence-electron chi connectivity index (χ1n) is 6.68. The molecule has 0 aliphatic heterocycles. The summed E-state index contributed by atoms with van der Waals surface area (Å²) in [5, 5.41) is 3.44. The largest absolute Gasteiger partial charge is 0.307 e. The zero-order chi connectivity index (χ0) is 13.8. The Kier molecular flexibility index (Phi) is 4.33. The van der Waals surface area contributed by atoms with Gasteiger partial charge >= 0.3 is 0 Å². The highest BCUT2D eigenvalue weighted by Crippen LogP contribution is 2.26. The maximum atomic E-state index is 13.4. The summed E-state index contributed by atoms with van der Waals surface area (Å²) in [6.45, 7) is 7.09. The predicted molar refractivity (Wildman–Crippen MR) is 77.8 cm³/mol. The van der Waals surface area contributed by atoms with Gasteiger partial charge in [-0.1, -0.05) is 42.8 Å². The van der Waals surface area contributed by atoms with Crippen LogP contribution >= 0.6 is 0 Å². The van der Waals surface area contributed by atoms with E-state index in [1.54, 1.807) is 12.1 Å². The maximum absolute atomic E-state index is 13.4. The number of rotatable bonds is 4. The van der Waals surface area contributed by atoms with E-state index >= 15 is 0 Å². The molecule has 0 saturated heterocycles. The summed E-state index contributed by atoms with van der Waals surface area (Å²) in [5.74, 6) is -0.190. The Labute approximate surface area is 114 Å². The van der Waals surface area contributed by atoms with Gasteiger partial charge in [0.05, 0.1) is 6.04 Å². The van der Waals surface area contributed by atoms with Crippen LogP contribution in [0.3, 0.4) is 0 Å². The number of aryl methyl sites for hydroxylation is 2. The normalized spacial score (nSPS) is 12.4. The van der Waals surface area contributed by atoms with Crippen LogP contribution in [0.4, 0.5) is 4.39 Å². The summed E-state index contributed by atoms with van der Waals surface area (Å²) in [6.07, 6.45) is 0. The molecule has 2 aromatic rings. The topological polar surface area (TPSA) is 12.0 Å². The van der Waals surface area contributed by atoms with E-state index in [9.17, 15) is 4.39 Å². The Morgan fingerprint density at radius 3 is 2.53 bits per heavy atom. The summed E-state index contributed by atoms with van der Waals surface area (Å²) in [4.78, 5) is 0. The fraction of sp³-hybridized carbons (Fsp3) is 0.294. The molecule has 2 aromatic carbocycles. The van der Waals surface area contributed by atoms with E-state index in [1.807, 2.05) is 6.07 Å². The van der Waals surface area contributed by atoms with Crippen LogP contribution in [0.5, 0.6) is 0 Å². The van der Waals surface area contributed by atoms with Crippen molar-refractivity contribution in [2.45, 2.75) is 26.8 Å². The molecule has 0 fully saturated rings. The Balaban J connectivity index is 2.45. The molecule has 0 radical (unpaired) electrons. The van der Waals surface area contributed by atoms with Crippen molar-refractivity contribution < 1.29 is 4.39 Å². The van der Waals surface area contributed by atoms with Gasteiger partial charge in [0.2, 0.25) is 0 Å². The van der Waals surface area contributed by atoms with Gasteiger partial charge in [0.15, 0.2) is 0 Å². The zero-order valence-corrected chi connectivity index (χ0v) is 11.7. The van der Waals surface area contributed by atoms with Gasteiger partial charge in [-0.05, 0) is 49.2 Å². The molecule has 0 saturated carbocycles. The summed E-state index contributed by atoms with van der Waals surface area (Å²) in [7, 11) is 0. The predicted octanol–water partition coefficient (Wildman–Crippen LogP) is 4.14. The minimum absolute atomic E-state index is 0.0429. The quantitative estimate of drug-likeness (QED) is 0.868. The first-order chi connectivity index (χ1) is 9.11. The van der Waals surface area contributed by atoms with Crippen LogP contribution in [0.25, 0.3) is 0 Å². The lowest BCUT2D eigenvalue weighted by Crippen LogP contribution is -2.22. The molecule has 0 heterocycles. The molecule has 0 aliphatic rings. The third kappa shape index (κ3) is 3.21. The van der Waals surface area contributed by atoms with Gasteiger partial charge in [0.1, 0.15) is 5.82 Å². The average molecular weight is 257 g/mol. The number of halogens is 1. The van der Waals surface area contributed by atoms with Crippen molar-refractivity contribution in [1.29, 1.82) is 0 Å². The van der Waals surface area contributed by atoms with Crippen LogP contribution in [0.15, 0.2) is 42.5 Å². The van der Waals surface area contributed by atoms with Crippen molar-refractivity contribution >= 4 is 0 Å². The molecule has 0 spiro atoms. The van der Waals surface area contributed by atoms with Gasteiger partial charge in [-0.2, -0.15) is 0 Å². The summed E-state index contributed by atoms with van der Waals surface area (Å²) in [6, 6.07) is 13.3. The van der Waals surface area contributed by atoms with Crippen molar-refractivity contribution in [1.82, 2.24) is 5.32 Å². The van der Waals surface area contributed by atoms with E-state index in [1.165, 1.54) is 22.8 Å². The van der Waals surface area contributed by atoms with Crippen LogP contribution in [0.1, 0.15) is 35.2 Å². The number of hydrogen-bond acceptors (Lipinski definition) is 1. The Morgan fingerprint density at radius 2 is 1.89 bits per heavy atom. The summed E-state index contributed by atoms with van der Waals surface area (Å²) < 4.78 is 13.4. The smallest absolute Gasteiger partial charge is 0.123 e. The van der Waals surface area contributed by atoms with Crippen LogP contribution in [0, 0.1) is 19.7 Å². The van der Waals surface area contributed by atoms with Gasteiger partial charge in [0, 0.05) is 0 Å². The SMILES string of the molecule is CCNC(c1cccc(F)c1)c1ccc(C)cc1C. The number of nitrogens with one attached hydrogen (secondary N) is 1. The zero-order valence-electron chi connectivity index (χ0n) is 11.7. The summed E-state index contributed by atoms with van der Waals surface area (Å²) in [5.41, 5.74) is 4.65. The molecule has 0 aliphatic carbocycles. The average Bonchev–Trinajstić information content (AvgIpc) is 2.37. The lowest BCUT2D eigenvalue weighted by Gasteiger charge is -2.21. The fourth-order valence-electron chi connectivity index (χ4n) is 2.45. The molecule has 100 valence electrons. The molecule has 1 N–H and O–H groups in total. The van der Waals surface area contributed by atoms with Gasteiger partial charge in [-0.15, -0.1) is 0 Å². The van der Waals surface area contributed by atoms with Gasteiger partial charge in [-0.25, -0.2) is 4.39 Å². The van der Waals surface area contributed by atoms with E-state index < -0.39 is 0 Å². The maximum Gasteiger partial charge on any atom is 0.123 e. The number of hydrogen-bond donors (Lipinski definition) is 1. The molecular weight excluding hydrogens is 237 g/mol. The van der Waals surface area contributed by atoms with Crippen LogP contribution in [0.2, 0.25) is 0 Å². The van der Waals surface area contributed by atoms with Crippen molar-refractivity contribution in [3.63, 3.8) is 0 Å². The second-order valence-corrected chi connectivity index (χ2v) is 4.91. The van der Waals surface area contributed by atoms with Crippen LogP contribution < -0.4 is 5.32 Å². The molecule has 0 bridgehead atoms. The highest BCUT2D eigenvalue weighted by molar-refractivity contribution is 5.39. The van der Waals surface area contributed by atoms with E-state index in [2.05, 4.69) is 44.3 Å². The van der Waals surface area contributed by atoms with Crippen molar-refractivity contribution in [3.8, 4) is 0 Å². The molecule has 2 rings (SSSR count). The van der Waals surface area contributed by atoms with Gasteiger partial charge < -0.3 is 5.32 Å². The highest BCUT2D eigenvalue weighted by Gasteiger charge is 2.15. The second kappa shape index (κ2) is 5.98. The monoisotopic (exact) mass is 257 g/mol. The minimum Gasteiger partial charge on any atom is -0.307 e. The fourth-order valence-corrected chi connectivity index (χ4v) is 2.45. The van der Waals surface area contributed by atoms with Gasteiger partial charge in [0.25, 0.3) is 0 Å². The van der Waals surface area contributed by atoms with Crippen LogP contribution in [-0.4, -0.2) is 6.54 Å². The standard InChI is InChI=1S/C17H20FN/c1-4-19-17(14-6-5-7-15(18)11-14)16-9-8-12(2)10-13(16)3/h5-11,17,19H,4H2,1-3H3. The first kappa shape index (κ1) is 13.8. The lowest BCUT2D eigenvalue weighted by atomic mass is 9.94. The summed E-state index contributed by atoms with van der Waals surface area (Å²) >= 11 is 0. The Hall–Kier alpha value is -1.67. The van der Waals surface area contributed by atoms with E-state index in [0.717, 1.165) is 12.1 Å². The number of benzene rings is 2. The molecule has 1 atom stereocenters. The molecular formula is C17H20FN. The van der Waals surface area contributed by atoms with Crippen LogP contribution in [-0.2, 0) is 0 Å². The Morgan fingerprint density at radius 1 is 1.11 bits per heavy atom. The molecule has 0 amide bonds. The van der Waals surface area contributed by atoms with E-state index in [4.69, 9.17) is 0 Å². The lowest BCUT2D eigenvalue weighted by molar-refractivity contribution is 0.602. The van der Waals surface area contributed by atoms with E-state index in [0.29, 0.717) is 0 Å². The minimum atomic E-state index is -0.190. The van der Waals surface area contributed by atoms with Crippen molar-refractivity contribution in [3.05, 3.63) is 70.5 Å². The second-order valence-electron chi connectivity index (χ2n) is 4.91. The van der Waals surface area contributed by atoms with E-state index in [-0.39, 0.29) is 11.9 Å². The Bertz CT molecular complexity index is 563. The van der Waals surface area contributed by atoms with Crippen molar-refractivity contribution in [2.24, 2.45) is 0 Å². The molecule has 2 heteroatoms. The first-order valence-corrected chi connectivity index (χ1v) is 6.68. The van der Waals surface area contributed by atoms with Crippen molar-refractivity contribution in [2.75, 3.05) is 6.54 Å².